The van der Waals surface area contributed by atoms with Crippen LogP contribution in [0.2, 0.25) is 15.1 Å². The molecule has 3 rings (SSSR count). The van der Waals surface area contributed by atoms with Gasteiger partial charge in [0.25, 0.3) is 10.0 Å². The van der Waals surface area contributed by atoms with Crippen molar-refractivity contribution in [2.24, 2.45) is 0 Å². The molecule has 0 fully saturated rings. The van der Waals surface area contributed by atoms with Gasteiger partial charge in [0.2, 0.25) is 11.8 Å². The predicted octanol–water partition coefficient (Wildman–Crippen LogP) is 5.41. The van der Waals surface area contributed by atoms with Gasteiger partial charge in [-0.2, -0.15) is 0 Å². The van der Waals surface area contributed by atoms with Crippen LogP contribution in [0.4, 0.5) is 5.69 Å². The van der Waals surface area contributed by atoms with Gasteiger partial charge >= 0.3 is 0 Å². The number of benzene rings is 3. The number of amides is 2. The standard InChI is InChI=1S/C28H30Cl3N3O6S/c1-5-24(28(36)32-2)33(16-18-6-7-20(30)14-23(18)31)27(35)17-34(21-10-8-19(29)9-11-21)41(37,38)22-12-13-25(39-3)26(15-22)40-4/h6-15,24H,5,16-17H2,1-4H3,(H,32,36). The molecule has 1 N–H and O–H groups in total. The second-order valence-electron chi connectivity index (χ2n) is 8.80. The SMILES string of the molecule is CCC(C(=O)NC)N(Cc1ccc(Cl)cc1Cl)C(=O)CN(c1ccc(Cl)cc1)S(=O)(=O)c1ccc(OC)c(OC)c1. The topological polar surface area (TPSA) is 105 Å². The van der Waals surface area contributed by atoms with E-state index in [1.54, 1.807) is 19.1 Å². The van der Waals surface area contributed by atoms with Crippen molar-refractivity contribution in [3.8, 4) is 11.5 Å². The summed E-state index contributed by atoms with van der Waals surface area (Å²) in [5.41, 5.74) is 0.725. The van der Waals surface area contributed by atoms with Crippen molar-refractivity contribution in [1.29, 1.82) is 0 Å². The average molecular weight is 643 g/mol. The van der Waals surface area contributed by atoms with Gasteiger partial charge in [0, 0.05) is 34.7 Å². The van der Waals surface area contributed by atoms with E-state index in [1.807, 2.05) is 0 Å². The first-order valence-corrected chi connectivity index (χ1v) is 15.0. The second-order valence-corrected chi connectivity index (χ2v) is 11.9. The average Bonchev–Trinajstić information content (AvgIpc) is 2.96. The van der Waals surface area contributed by atoms with Crippen molar-refractivity contribution in [1.82, 2.24) is 10.2 Å². The molecule has 9 nitrogen and oxygen atoms in total. The van der Waals surface area contributed by atoms with Crippen LogP contribution in [0, 0.1) is 0 Å². The van der Waals surface area contributed by atoms with Gasteiger partial charge < -0.3 is 19.7 Å². The molecular formula is C28H30Cl3N3O6S. The number of hydrogen-bond acceptors (Lipinski definition) is 6. The molecule has 41 heavy (non-hydrogen) atoms. The summed E-state index contributed by atoms with van der Waals surface area (Å²) in [4.78, 5) is 28.0. The fourth-order valence-corrected chi connectivity index (χ4v) is 6.18. The van der Waals surface area contributed by atoms with Gasteiger partial charge in [0.15, 0.2) is 11.5 Å². The number of ether oxygens (including phenoxy) is 2. The molecule has 13 heteroatoms. The van der Waals surface area contributed by atoms with Gasteiger partial charge in [-0.3, -0.25) is 13.9 Å². The number of carbonyl (C=O) groups is 2. The highest BCUT2D eigenvalue weighted by atomic mass is 35.5. The van der Waals surface area contributed by atoms with E-state index in [9.17, 15) is 18.0 Å². The Hall–Kier alpha value is -3.18. The molecule has 0 aliphatic rings. The number of methoxy groups -OCH3 is 2. The highest BCUT2D eigenvalue weighted by Gasteiger charge is 2.34. The quantitative estimate of drug-likeness (QED) is 0.283. The Morgan fingerprint density at radius 1 is 0.902 bits per heavy atom. The van der Waals surface area contributed by atoms with Crippen LogP contribution in [0.5, 0.6) is 11.5 Å². The Morgan fingerprint density at radius 2 is 1.54 bits per heavy atom. The maximum Gasteiger partial charge on any atom is 0.264 e. The molecular weight excluding hydrogens is 613 g/mol. The van der Waals surface area contributed by atoms with Crippen LogP contribution >= 0.6 is 34.8 Å². The molecule has 0 aliphatic carbocycles. The fraction of sp³-hybridized carbons (Fsp3) is 0.286. The minimum atomic E-state index is -4.33. The van der Waals surface area contributed by atoms with Crippen molar-refractivity contribution in [2.75, 3.05) is 32.1 Å². The lowest BCUT2D eigenvalue weighted by Gasteiger charge is -2.33. The van der Waals surface area contributed by atoms with Crippen LogP contribution < -0.4 is 19.1 Å². The number of sulfonamides is 1. The molecule has 0 spiro atoms. The van der Waals surface area contributed by atoms with Crippen LogP contribution in [-0.2, 0) is 26.2 Å². The summed E-state index contributed by atoms with van der Waals surface area (Å²) in [6.07, 6.45) is 0.264. The van der Waals surface area contributed by atoms with Gasteiger partial charge in [-0.15, -0.1) is 0 Å². The van der Waals surface area contributed by atoms with Gasteiger partial charge in [-0.25, -0.2) is 8.42 Å². The number of nitrogens with one attached hydrogen (secondary N) is 1. The Morgan fingerprint density at radius 3 is 2.10 bits per heavy atom. The number of hydrogen-bond donors (Lipinski definition) is 1. The summed E-state index contributed by atoms with van der Waals surface area (Å²) in [7, 11) is -0.0517. The van der Waals surface area contributed by atoms with Crippen LogP contribution in [0.25, 0.3) is 0 Å². The summed E-state index contributed by atoms with van der Waals surface area (Å²) in [5.74, 6) is -0.513. The van der Waals surface area contributed by atoms with Gasteiger partial charge in [-0.05, 0) is 60.5 Å². The molecule has 3 aromatic rings. The fourth-order valence-electron chi connectivity index (χ4n) is 4.16. The van der Waals surface area contributed by atoms with Crippen molar-refractivity contribution in [3.63, 3.8) is 0 Å². The Kier molecular flexibility index (Phi) is 11.1. The molecule has 1 atom stereocenters. The molecule has 0 saturated heterocycles. The lowest BCUT2D eigenvalue weighted by molar-refractivity contribution is -0.140. The molecule has 0 heterocycles. The highest BCUT2D eigenvalue weighted by Crippen LogP contribution is 2.33. The largest absolute Gasteiger partial charge is 0.493 e. The van der Waals surface area contributed by atoms with E-state index in [-0.39, 0.29) is 29.3 Å². The molecule has 220 valence electrons. The third-order valence-corrected chi connectivity index (χ3v) is 8.93. The number of anilines is 1. The second kappa shape index (κ2) is 14.1. The van der Waals surface area contributed by atoms with E-state index in [0.29, 0.717) is 26.4 Å². The number of nitrogens with zero attached hydrogens (tertiary/aromatic N) is 2. The lowest BCUT2D eigenvalue weighted by Crippen LogP contribution is -2.51. The molecule has 1 unspecified atom stereocenters. The summed E-state index contributed by atoms with van der Waals surface area (Å²) in [6, 6.07) is 14.0. The maximum atomic E-state index is 14.0. The van der Waals surface area contributed by atoms with Crippen LogP contribution in [0.1, 0.15) is 18.9 Å². The molecule has 0 aromatic heterocycles. The highest BCUT2D eigenvalue weighted by molar-refractivity contribution is 7.92. The molecule has 3 aromatic carbocycles. The van der Waals surface area contributed by atoms with Crippen molar-refractivity contribution in [2.45, 2.75) is 30.8 Å². The smallest absolute Gasteiger partial charge is 0.264 e. The predicted molar refractivity (Wildman–Crippen MR) is 161 cm³/mol. The molecule has 0 saturated carbocycles. The minimum absolute atomic E-state index is 0.0639. The number of rotatable bonds is 12. The summed E-state index contributed by atoms with van der Waals surface area (Å²) in [6.45, 7) is 1.06. The van der Waals surface area contributed by atoms with Gasteiger partial charge in [0.05, 0.1) is 24.8 Å². The van der Waals surface area contributed by atoms with Crippen molar-refractivity contribution >= 4 is 62.3 Å². The van der Waals surface area contributed by atoms with Crippen molar-refractivity contribution in [3.05, 3.63) is 81.3 Å². The Labute approximate surface area is 254 Å². The number of halogens is 3. The minimum Gasteiger partial charge on any atom is -0.493 e. The zero-order valence-corrected chi connectivity index (χ0v) is 25.9. The zero-order chi connectivity index (χ0) is 30.3. The van der Waals surface area contributed by atoms with E-state index in [2.05, 4.69) is 5.32 Å². The van der Waals surface area contributed by atoms with Crippen molar-refractivity contribution < 1.29 is 27.5 Å². The first-order valence-electron chi connectivity index (χ1n) is 12.4. The first kappa shape index (κ1) is 32.3. The Bertz CT molecular complexity index is 1500. The van der Waals surface area contributed by atoms with E-state index >= 15 is 0 Å². The van der Waals surface area contributed by atoms with Crippen LogP contribution in [-0.4, -0.2) is 59.0 Å². The first-order chi connectivity index (χ1) is 19.5. The summed E-state index contributed by atoms with van der Waals surface area (Å²) < 4.78 is 39.6. The van der Waals surface area contributed by atoms with E-state index in [0.717, 1.165) is 4.31 Å². The third kappa shape index (κ3) is 7.56. The summed E-state index contributed by atoms with van der Waals surface area (Å²) >= 11 is 18.5. The third-order valence-electron chi connectivity index (χ3n) is 6.32. The molecule has 0 bridgehead atoms. The summed E-state index contributed by atoms with van der Waals surface area (Å²) in [5, 5.41) is 3.66. The van der Waals surface area contributed by atoms with Crippen LogP contribution in [0.3, 0.4) is 0 Å². The Balaban J connectivity index is 2.11. The monoisotopic (exact) mass is 641 g/mol. The van der Waals surface area contributed by atoms with Gasteiger partial charge in [0.1, 0.15) is 12.6 Å². The maximum absolute atomic E-state index is 14.0. The normalized spacial score (nSPS) is 11.9. The number of carbonyl (C=O) groups excluding carboxylic acids is 2. The van der Waals surface area contributed by atoms with E-state index < -0.39 is 34.4 Å². The zero-order valence-electron chi connectivity index (χ0n) is 22.9. The number of likely N-dealkylation sites (N-methyl/N-ethyl adjacent to an activating group) is 1. The van der Waals surface area contributed by atoms with E-state index in [4.69, 9.17) is 44.3 Å². The molecule has 2 amide bonds. The molecule has 0 aliphatic heterocycles. The van der Waals surface area contributed by atoms with Crippen LogP contribution in [0.15, 0.2) is 65.6 Å². The lowest BCUT2D eigenvalue weighted by atomic mass is 10.1. The van der Waals surface area contributed by atoms with Gasteiger partial charge in [-0.1, -0.05) is 47.8 Å². The van der Waals surface area contributed by atoms with E-state index in [1.165, 1.54) is 74.7 Å². The molecule has 0 radical (unpaired) electrons.